The maximum atomic E-state index is 10.9. The van der Waals surface area contributed by atoms with Crippen LogP contribution in [0.15, 0.2) is 6.33 Å². The van der Waals surface area contributed by atoms with Crippen LogP contribution in [-0.2, 0) is 4.74 Å². The van der Waals surface area contributed by atoms with Gasteiger partial charge in [0.1, 0.15) is 6.33 Å². The van der Waals surface area contributed by atoms with E-state index in [9.17, 15) is 10.1 Å². The molecule has 1 aromatic heterocycles. The first-order valence-corrected chi connectivity index (χ1v) is 5.78. The van der Waals surface area contributed by atoms with Crippen molar-refractivity contribution in [3.05, 3.63) is 21.6 Å². The van der Waals surface area contributed by atoms with Crippen LogP contribution in [0.3, 0.4) is 0 Å². The van der Waals surface area contributed by atoms with Crippen LogP contribution < -0.4 is 5.32 Å². The maximum Gasteiger partial charge on any atom is 0.348 e. The Kier molecular flexibility index (Phi) is 4.80. The number of hydrogen-bond acceptors (Lipinski definition) is 6. The van der Waals surface area contributed by atoms with Gasteiger partial charge in [-0.3, -0.25) is 10.1 Å². The van der Waals surface area contributed by atoms with Crippen molar-refractivity contribution in [2.75, 3.05) is 18.5 Å². The summed E-state index contributed by atoms with van der Waals surface area (Å²) >= 11 is 5.67. The highest BCUT2D eigenvalue weighted by Crippen LogP contribution is 2.28. The Bertz CT molecular complexity index is 439. The molecule has 1 N–H and O–H groups in total. The molecule has 8 heteroatoms. The van der Waals surface area contributed by atoms with Gasteiger partial charge in [-0.15, -0.1) is 0 Å². The van der Waals surface area contributed by atoms with Crippen molar-refractivity contribution in [3.63, 3.8) is 0 Å². The molecule has 0 aliphatic rings. The smallest absolute Gasteiger partial charge is 0.348 e. The molecule has 0 saturated heterocycles. The second-order valence-electron chi connectivity index (χ2n) is 4.17. The van der Waals surface area contributed by atoms with Gasteiger partial charge in [-0.2, -0.15) is 0 Å². The van der Waals surface area contributed by atoms with Gasteiger partial charge in [0.05, 0.1) is 10.5 Å². The standard InChI is InChI=1S/C10H15ClN4O3/c1-4-18-10(2,3)5-12-9-7(15(16)17)8(11)13-6-14-9/h6H,4-5H2,1-3H3,(H,12,13,14). The number of nitro groups is 1. The van der Waals surface area contributed by atoms with E-state index < -0.39 is 10.5 Å². The number of rotatable bonds is 6. The van der Waals surface area contributed by atoms with Crippen LogP contribution in [0, 0.1) is 10.1 Å². The lowest BCUT2D eigenvalue weighted by atomic mass is 10.1. The van der Waals surface area contributed by atoms with Gasteiger partial charge in [0.25, 0.3) is 0 Å². The summed E-state index contributed by atoms with van der Waals surface area (Å²) in [6, 6.07) is 0. The van der Waals surface area contributed by atoms with Crippen LogP contribution in [-0.4, -0.2) is 33.6 Å². The molecule has 0 atom stereocenters. The predicted molar refractivity (Wildman–Crippen MR) is 67.9 cm³/mol. The summed E-state index contributed by atoms with van der Waals surface area (Å²) in [7, 11) is 0. The zero-order valence-corrected chi connectivity index (χ0v) is 11.2. The third kappa shape index (κ3) is 3.78. The zero-order chi connectivity index (χ0) is 13.8. The quantitative estimate of drug-likeness (QED) is 0.486. The van der Waals surface area contributed by atoms with Crippen LogP contribution in [0.1, 0.15) is 20.8 Å². The van der Waals surface area contributed by atoms with E-state index in [0.717, 1.165) is 0 Å². The highest BCUT2D eigenvalue weighted by Gasteiger charge is 2.24. The predicted octanol–water partition coefficient (Wildman–Crippen LogP) is 2.27. The highest BCUT2D eigenvalue weighted by molar-refractivity contribution is 6.31. The first kappa shape index (κ1) is 14.6. The van der Waals surface area contributed by atoms with Gasteiger partial charge < -0.3 is 10.1 Å². The molecular weight excluding hydrogens is 260 g/mol. The molecule has 0 aromatic carbocycles. The first-order valence-electron chi connectivity index (χ1n) is 5.40. The summed E-state index contributed by atoms with van der Waals surface area (Å²) in [5.41, 5.74) is -0.786. The molecule has 0 fully saturated rings. The van der Waals surface area contributed by atoms with Gasteiger partial charge in [-0.1, -0.05) is 11.6 Å². The maximum absolute atomic E-state index is 10.9. The monoisotopic (exact) mass is 274 g/mol. The van der Waals surface area contributed by atoms with Crippen LogP contribution >= 0.6 is 11.6 Å². The number of ether oxygens (including phenoxy) is 1. The number of halogens is 1. The van der Waals surface area contributed by atoms with Crippen LogP contribution in [0.4, 0.5) is 11.5 Å². The van der Waals surface area contributed by atoms with Gasteiger partial charge in [0, 0.05) is 13.2 Å². The minimum atomic E-state index is -0.613. The first-order chi connectivity index (χ1) is 8.37. The SMILES string of the molecule is CCOC(C)(C)CNc1ncnc(Cl)c1[N+](=O)[O-]. The van der Waals surface area contributed by atoms with E-state index in [1.54, 1.807) is 0 Å². The highest BCUT2D eigenvalue weighted by atomic mass is 35.5. The Balaban J connectivity index is 2.85. The van der Waals surface area contributed by atoms with Crippen LogP contribution in [0.25, 0.3) is 0 Å². The van der Waals surface area contributed by atoms with Crippen molar-refractivity contribution in [2.45, 2.75) is 26.4 Å². The molecule has 1 heterocycles. The van der Waals surface area contributed by atoms with Gasteiger partial charge in [0.15, 0.2) is 0 Å². The second kappa shape index (κ2) is 5.92. The van der Waals surface area contributed by atoms with E-state index in [1.807, 2.05) is 20.8 Å². The van der Waals surface area contributed by atoms with E-state index >= 15 is 0 Å². The molecule has 0 saturated carbocycles. The van der Waals surface area contributed by atoms with Crippen molar-refractivity contribution in [1.29, 1.82) is 0 Å². The molecule has 0 amide bonds. The fraction of sp³-hybridized carbons (Fsp3) is 0.600. The fourth-order valence-corrected chi connectivity index (χ4v) is 1.59. The summed E-state index contributed by atoms with van der Waals surface area (Å²) in [6.07, 6.45) is 1.17. The molecule has 0 bridgehead atoms. The number of aromatic nitrogens is 2. The van der Waals surface area contributed by atoms with Gasteiger partial charge >= 0.3 is 5.69 Å². The molecule has 1 aromatic rings. The summed E-state index contributed by atoms with van der Waals surface area (Å²) < 4.78 is 5.47. The number of nitrogens with zero attached hydrogens (tertiary/aromatic N) is 3. The third-order valence-electron chi connectivity index (χ3n) is 2.18. The second-order valence-corrected chi connectivity index (χ2v) is 4.52. The Morgan fingerprint density at radius 1 is 1.56 bits per heavy atom. The number of anilines is 1. The Morgan fingerprint density at radius 3 is 2.78 bits per heavy atom. The van der Waals surface area contributed by atoms with Crippen molar-refractivity contribution in [1.82, 2.24) is 9.97 Å². The average Bonchev–Trinajstić information content (AvgIpc) is 2.26. The molecule has 0 aliphatic carbocycles. The lowest BCUT2D eigenvalue weighted by molar-refractivity contribution is -0.384. The van der Waals surface area contributed by atoms with Crippen LogP contribution in [0.5, 0.6) is 0 Å². The largest absolute Gasteiger partial charge is 0.374 e. The molecule has 0 radical (unpaired) electrons. The van der Waals surface area contributed by atoms with E-state index in [1.165, 1.54) is 6.33 Å². The van der Waals surface area contributed by atoms with Crippen molar-refractivity contribution in [3.8, 4) is 0 Å². The normalized spacial score (nSPS) is 11.3. The van der Waals surface area contributed by atoms with Crippen molar-refractivity contribution in [2.24, 2.45) is 0 Å². The summed E-state index contributed by atoms with van der Waals surface area (Å²) in [5.74, 6) is 0.0905. The molecular formula is C10H15ClN4O3. The molecule has 7 nitrogen and oxygen atoms in total. The molecule has 0 unspecified atom stereocenters. The topological polar surface area (TPSA) is 90.2 Å². The van der Waals surface area contributed by atoms with Gasteiger partial charge in [-0.25, -0.2) is 9.97 Å². The third-order valence-corrected chi connectivity index (χ3v) is 2.45. The molecule has 1 rings (SSSR count). The molecule has 100 valence electrons. The molecule has 0 aliphatic heterocycles. The Morgan fingerprint density at radius 2 is 2.22 bits per heavy atom. The van der Waals surface area contributed by atoms with E-state index in [2.05, 4.69) is 15.3 Å². The number of hydrogen-bond donors (Lipinski definition) is 1. The summed E-state index contributed by atoms with van der Waals surface area (Å²) in [5, 5.41) is 13.5. The van der Waals surface area contributed by atoms with E-state index in [0.29, 0.717) is 13.2 Å². The summed E-state index contributed by atoms with van der Waals surface area (Å²) in [4.78, 5) is 17.7. The van der Waals surface area contributed by atoms with Gasteiger partial charge in [0.2, 0.25) is 11.0 Å². The van der Waals surface area contributed by atoms with Crippen molar-refractivity contribution >= 4 is 23.1 Å². The number of nitrogens with one attached hydrogen (secondary N) is 1. The summed E-state index contributed by atoms with van der Waals surface area (Å²) in [6.45, 7) is 6.55. The van der Waals surface area contributed by atoms with E-state index in [4.69, 9.17) is 16.3 Å². The Labute approximate surface area is 110 Å². The Hall–Kier alpha value is -1.47. The molecule has 18 heavy (non-hydrogen) atoms. The minimum Gasteiger partial charge on any atom is -0.374 e. The lowest BCUT2D eigenvalue weighted by Gasteiger charge is -2.24. The minimum absolute atomic E-state index is 0.0905. The van der Waals surface area contributed by atoms with Gasteiger partial charge in [-0.05, 0) is 20.8 Å². The average molecular weight is 275 g/mol. The zero-order valence-electron chi connectivity index (χ0n) is 10.4. The molecule has 0 spiro atoms. The van der Waals surface area contributed by atoms with Crippen molar-refractivity contribution < 1.29 is 9.66 Å². The van der Waals surface area contributed by atoms with Crippen LogP contribution in [0.2, 0.25) is 5.15 Å². The van der Waals surface area contributed by atoms with E-state index in [-0.39, 0.29) is 16.7 Å². The lowest BCUT2D eigenvalue weighted by Crippen LogP contribution is -2.33. The fourth-order valence-electron chi connectivity index (χ4n) is 1.39.